The lowest BCUT2D eigenvalue weighted by Gasteiger charge is -2.00. The van der Waals surface area contributed by atoms with E-state index in [2.05, 4.69) is 31.2 Å². The number of aliphatic carboxylic acids is 1. The molecular weight excluding hydrogens is 304 g/mol. The second-order valence-electron chi connectivity index (χ2n) is 5.72. The number of unbranched alkanes of at least 4 members (excludes halogenated alkanes) is 7. The van der Waals surface area contributed by atoms with E-state index in [0.29, 0.717) is 6.61 Å². The molecule has 0 heterocycles. The van der Waals surface area contributed by atoms with Gasteiger partial charge in [-0.1, -0.05) is 44.1 Å². The topological polar surface area (TPSA) is 63.6 Å². The molecule has 4 nitrogen and oxygen atoms in total. The number of carboxylic acids is 1. The molecular formula is C20H36O4. The summed E-state index contributed by atoms with van der Waals surface area (Å²) in [6.45, 7) is 5.35. The van der Waals surface area contributed by atoms with Crippen LogP contribution in [0.5, 0.6) is 0 Å². The Morgan fingerprint density at radius 1 is 0.792 bits per heavy atom. The smallest absolute Gasteiger partial charge is 0.302 e. The molecule has 0 radical (unpaired) electrons. The van der Waals surface area contributed by atoms with Crippen LogP contribution in [0.3, 0.4) is 0 Å². The summed E-state index contributed by atoms with van der Waals surface area (Å²) in [5.74, 6) is -1.01. The van der Waals surface area contributed by atoms with Crippen molar-refractivity contribution in [2.24, 2.45) is 0 Å². The predicted octanol–water partition coefficient (Wildman–Crippen LogP) is 5.67. The maximum atomic E-state index is 10.5. The summed E-state index contributed by atoms with van der Waals surface area (Å²) in [6.07, 6.45) is 21.2. The molecule has 0 spiro atoms. The minimum atomic E-state index is -0.833. The Labute approximate surface area is 148 Å². The maximum Gasteiger partial charge on any atom is 0.302 e. The minimum Gasteiger partial charge on any atom is -0.481 e. The van der Waals surface area contributed by atoms with E-state index in [9.17, 15) is 4.79 Å². The van der Waals surface area contributed by atoms with Gasteiger partial charge in [0.15, 0.2) is 0 Å². The average Bonchev–Trinajstić information content (AvgIpc) is 2.50. The van der Waals surface area contributed by atoms with Crippen LogP contribution >= 0.6 is 0 Å². The highest BCUT2D eigenvalue weighted by Gasteiger charge is 1.92. The summed E-state index contributed by atoms with van der Waals surface area (Å²) in [5, 5.41) is 7.42. The molecule has 0 rings (SSSR count). The molecule has 0 saturated carbocycles. The largest absolute Gasteiger partial charge is 0.481 e. The number of ether oxygens (including phenoxy) is 1. The number of esters is 1. The van der Waals surface area contributed by atoms with E-state index < -0.39 is 5.97 Å². The average molecular weight is 341 g/mol. The summed E-state index contributed by atoms with van der Waals surface area (Å²) in [7, 11) is 0. The first-order chi connectivity index (χ1) is 11.5. The second-order valence-corrected chi connectivity index (χ2v) is 5.72. The van der Waals surface area contributed by atoms with Gasteiger partial charge in [0.05, 0.1) is 6.61 Å². The van der Waals surface area contributed by atoms with Crippen molar-refractivity contribution in [1.82, 2.24) is 0 Å². The molecule has 0 bridgehead atoms. The molecule has 0 atom stereocenters. The van der Waals surface area contributed by atoms with Crippen LogP contribution in [0.4, 0.5) is 0 Å². The summed E-state index contributed by atoms with van der Waals surface area (Å²) >= 11 is 0. The van der Waals surface area contributed by atoms with E-state index in [-0.39, 0.29) is 5.97 Å². The van der Waals surface area contributed by atoms with E-state index in [4.69, 9.17) is 14.6 Å². The maximum absolute atomic E-state index is 10.5. The third kappa shape index (κ3) is 32.4. The van der Waals surface area contributed by atoms with E-state index >= 15 is 0 Å². The summed E-state index contributed by atoms with van der Waals surface area (Å²) in [5.41, 5.74) is 0. The molecule has 0 aromatic carbocycles. The van der Waals surface area contributed by atoms with Gasteiger partial charge in [0, 0.05) is 13.8 Å². The van der Waals surface area contributed by atoms with Gasteiger partial charge in [-0.25, -0.2) is 0 Å². The predicted molar refractivity (Wildman–Crippen MR) is 100 cm³/mol. The third-order valence-electron chi connectivity index (χ3n) is 3.12. The Balaban J connectivity index is 0. The van der Waals surface area contributed by atoms with Gasteiger partial charge in [0.25, 0.3) is 5.97 Å². The van der Waals surface area contributed by atoms with Crippen LogP contribution < -0.4 is 0 Å². The van der Waals surface area contributed by atoms with Crippen molar-refractivity contribution in [3.05, 3.63) is 24.3 Å². The first-order valence-electron chi connectivity index (χ1n) is 9.13. The zero-order valence-corrected chi connectivity index (χ0v) is 15.8. The molecule has 0 aliphatic rings. The van der Waals surface area contributed by atoms with Crippen molar-refractivity contribution < 1.29 is 19.4 Å². The van der Waals surface area contributed by atoms with Crippen LogP contribution in [0.15, 0.2) is 24.3 Å². The lowest BCUT2D eigenvalue weighted by Crippen LogP contribution is -1.99. The number of allylic oxidation sites excluding steroid dienone is 4. The molecule has 0 aromatic heterocycles. The van der Waals surface area contributed by atoms with Crippen molar-refractivity contribution in [3.63, 3.8) is 0 Å². The number of hydrogen-bond acceptors (Lipinski definition) is 3. The Morgan fingerprint density at radius 2 is 1.25 bits per heavy atom. The van der Waals surface area contributed by atoms with Crippen molar-refractivity contribution in [3.8, 4) is 0 Å². The second kappa shape index (κ2) is 21.4. The molecule has 140 valence electrons. The van der Waals surface area contributed by atoms with Crippen LogP contribution in [-0.2, 0) is 14.3 Å². The molecule has 0 aliphatic carbocycles. The van der Waals surface area contributed by atoms with E-state index in [0.717, 1.165) is 26.2 Å². The fraction of sp³-hybridized carbons (Fsp3) is 0.700. The molecule has 1 N–H and O–H groups in total. The monoisotopic (exact) mass is 340 g/mol. The summed E-state index contributed by atoms with van der Waals surface area (Å²) < 4.78 is 4.89. The lowest BCUT2D eigenvalue weighted by atomic mass is 10.1. The molecule has 24 heavy (non-hydrogen) atoms. The molecule has 0 aromatic rings. The standard InChI is InChI=1S/C18H32O2.C2H4O2/c1-3-4-5-6-7-8-9-10-11-12-13-14-15-16-17-20-18(2)19;1-2(3)4/h6-7,11-12H,3-5,8-10,13-17H2,1-2H3;1H3,(H,3,4)/b7-6-,12-11+;. The SMILES string of the molecule is CC(=O)O.CCCC/C=C\CCC/C=C/CCCCCOC(C)=O. The van der Waals surface area contributed by atoms with Crippen LogP contribution in [0.25, 0.3) is 0 Å². The van der Waals surface area contributed by atoms with Crippen LogP contribution in [0.1, 0.15) is 85.0 Å². The van der Waals surface area contributed by atoms with Crippen molar-refractivity contribution >= 4 is 11.9 Å². The van der Waals surface area contributed by atoms with Gasteiger partial charge in [0.1, 0.15) is 0 Å². The minimum absolute atomic E-state index is 0.173. The number of carbonyl (C=O) groups excluding carboxylic acids is 1. The van der Waals surface area contributed by atoms with Gasteiger partial charge in [-0.05, 0) is 51.4 Å². The van der Waals surface area contributed by atoms with Crippen molar-refractivity contribution in [2.45, 2.75) is 85.0 Å². The molecule has 0 amide bonds. The number of carbonyl (C=O) groups is 2. The van der Waals surface area contributed by atoms with E-state index in [1.165, 1.54) is 51.9 Å². The van der Waals surface area contributed by atoms with Crippen LogP contribution in [-0.4, -0.2) is 23.7 Å². The van der Waals surface area contributed by atoms with Gasteiger partial charge < -0.3 is 9.84 Å². The first-order valence-corrected chi connectivity index (χ1v) is 9.13. The third-order valence-corrected chi connectivity index (χ3v) is 3.12. The summed E-state index contributed by atoms with van der Waals surface area (Å²) in [4.78, 5) is 19.5. The van der Waals surface area contributed by atoms with Gasteiger partial charge in [-0.3, -0.25) is 9.59 Å². The normalized spacial score (nSPS) is 10.6. The number of rotatable bonds is 13. The highest BCUT2D eigenvalue weighted by atomic mass is 16.5. The van der Waals surface area contributed by atoms with Gasteiger partial charge in [-0.15, -0.1) is 0 Å². The van der Waals surface area contributed by atoms with E-state index in [1.807, 2.05) is 0 Å². The van der Waals surface area contributed by atoms with Crippen molar-refractivity contribution in [1.29, 1.82) is 0 Å². The van der Waals surface area contributed by atoms with Gasteiger partial charge in [-0.2, -0.15) is 0 Å². The van der Waals surface area contributed by atoms with Crippen LogP contribution in [0, 0.1) is 0 Å². The van der Waals surface area contributed by atoms with E-state index in [1.54, 1.807) is 0 Å². The highest BCUT2D eigenvalue weighted by molar-refractivity contribution is 5.65. The molecule has 0 fully saturated rings. The summed E-state index contributed by atoms with van der Waals surface area (Å²) in [6, 6.07) is 0. The highest BCUT2D eigenvalue weighted by Crippen LogP contribution is 2.04. The van der Waals surface area contributed by atoms with Gasteiger partial charge in [0.2, 0.25) is 0 Å². The Morgan fingerprint density at radius 3 is 1.71 bits per heavy atom. The van der Waals surface area contributed by atoms with Crippen molar-refractivity contribution in [2.75, 3.05) is 6.61 Å². The quantitative estimate of drug-likeness (QED) is 0.266. The number of carboxylic acid groups (broad SMARTS) is 1. The Bertz CT molecular complexity index is 342. The Kier molecular flexibility index (Phi) is 22.0. The molecule has 4 heteroatoms. The van der Waals surface area contributed by atoms with Gasteiger partial charge >= 0.3 is 5.97 Å². The first kappa shape index (κ1) is 24.7. The fourth-order valence-corrected chi connectivity index (χ4v) is 1.90. The molecule has 0 aliphatic heterocycles. The Hall–Kier alpha value is -1.58. The van der Waals surface area contributed by atoms with Crippen LogP contribution in [0.2, 0.25) is 0 Å². The lowest BCUT2D eigenvalue weighted by molar-refractivity contribution is -0.141. The fourth-order valence-electron chi connectivity index (χ4n) is 1.90. The zero-order chi connectivity index (χ0) is 18.5. The molecule has 0 saturated heterocycles. The number of hydrogen-bond donors (Lipinski definition) is 1. The molecule has 0 unspecified atom stereocenters. The zero-order valence-electron chi connectivity index (χ0n) is 15.8.